The minimum absolute atomic E-state index is 0.00668. The maximum absolute atomic E-state index is 12.6. The predicted molar refractivity (Wildman–Crippen MR) is 89.1 cm³/mol. The van der Waals surface area contributed by atoms with Gasteiger partial charge in [-0.2, -0.15) is 0 Å². The maximum Gasteiger partial charge on any atom is 0.228 e. The molecule has 1 aliphatic heterocycles. The summed E-state index contributed by atoms with van der Waals surface area (Å²) in [6.07, 6.45) is 2.36. The SMILES string of the molecule is CCCCN(CC)C(=O)[C@H]1CC(=O)N(c2ccc(Cl)cc2)C1. The van der Waals surface area contributed by atoms with Crippen molar-refractivity contribution in [3.63, 3.8) is 0 Å². The molecular weight excluding hydrogens is 300 g/mol. The van der Waals surface area contributed by atoms with Gasteiger partial charge in [0.2, 0.25) is 11.8 Å². The van der Waals surface area contributed by atoms with Crippen LogP contribution in [0.2, 0.25) is 5.02 Å². The van der Waals surface area contributed by atoms with Crippen LogP contribution >= 0.6 is 11.6 Å². The minimum atomic E-state index is -0.236. The Morgan fingerprint density at radius 2 is 2.00 bits per heavy atom. The number of rotatable bonds is 6. The summed E-state index contributed by atoms with van der Waals surface area (Å²) in [5, 5.41) is 0.639. The molecule has 0 aliphatic carbocycles. The summed E-state index contributed by atoms with van der Waals surface area (Å²) in [5.74, 6) is -0.132. The van der Waals surface area contributed by atoms with Crippen LogP contribution in [0.4, 0.5) is 5.69 Å². The molecule has 5 heteroatoms. The summed E-state index contributed by atoms with van der Waals surface area (Å²) >= 11 is 5.88. The minimum Gasteiger partial charge on any atom is -0.343 e. The molecule has 1 aromatic rings. The van der Waals surface area contributed by atoms with Gasteiger partial charge in [-0.3, -0.25) is 9.59 Å². The third-order valence-corrected chi connectivity index (χ3v) is 4.34. The number of unbranched alkanes of at least 4 members (excludes halogenated alkanes) is 1. The Morgan fingerprint density at radius 3 is 2.59 bits per heavy atom. The second kappa shape index (κ2) is 7.63. The summed E-state index contributed by atoms with van der Waals surface area (Å²) in [5.41, 5.74) is 0.807. The van der Waals surface area contributed by atoms with Gasteiger partial charge in [-0.05, 0) is 37.6 Å². The van der Waals surface area contributed by atoms with E-state index >= 15 is 0 Å². The van der Waals surface area contributed by atoms with Crippen molar-refractivity contribution in [1.82, 2.24) is 4.90 Å². The highest BCUT2D eigenvalue weighted by Crippen LogP contribution is 2.27. The Hall–Kier alpha value is -1.55. The molecule has 2 rings (SSSR count). The molecule has 1 heterocycles. The number of anilines is 1. The zero-order valence-corrected chi connectivity index (χ0v) is 14.0. The Morgan fingerprint density at radius 1 is 1.32 bits per heavy atom. The number of benzene rings is 1. The topological polar surface area (TPSA) is 40.6 Å². The van der Waals surface area contributed by atoms with Gasteiger partial charge in [0.25, 0.3) is 0 Å². The monoisotopic (exact) mass is 322 g/mol. The van der Waals surface area contributed by atoms with E-state index in [4.69, 9.17) is 11.6 Å². The predicted octanol–water partition coefficient (Wildman–Crippen LogP) is 3.34. The lowest BCUT2D eigenvalue weighted by Gasteiger charge is -2.24. The molecule has 120 valence electrons. The number of amides is 2. The summed E-state index contributed by atoms with van der Waals surface area (Å²) in [6.45, 7) is 6.03. The molecule has 0 aromatic heterocycles. The summed E-state index contributed by atoms with van der Waals surface area (Å²) in [6, 6.07) is 7.17. The molecule has 0 saturated carbocycles. The molecule has 1 saturated heterocycles. The Kier molecular flexibility index (Phi) is 5.83. The van der Waals surface area contributed by atoms with E-state index in [1.807, 2.05) is 24.0 Å². The average Bonchev–Trinajstić information content (AvgIpc) is 2.90. The van der Waals surface area contributed by atoms with Gasteiger partial charge in [0, 0.05) is 36.8 Å². The molecular formula is C17H23ClN2O2. The summed E-state index contributed by atoms with van der Waals surface area (Å²) in [4.78, 5) is 28.4. The molecule has 0 spiro atoms. The van der Waals surface area contributed by atoms with Crippen LogP contribution in [0.5, 0.6) is 0 Å². The molecule has 0 bridgehead atoms. The number of carbonyl (C=O) groups excluding carboxylic acids is 2. The van der Waals surface area contributed by atoms with E-state index in [-0.39, 0.29) is 17.7 Å². The van der Waals surface area contributed by atoms with Gasteiger partial charge in [0.1, 0.15) is 0 Å². The lowest BCUT2D eigenvalue weighted by atomic mass is 10.1. The maximum atomic E-state index is 12.6. The molecule has 1 atom stereocenters. The lowest BCUT2D eigenvalue weighted by molar-refractivity contribution is -0.135. The van der Waals surface area contributed by atoms with Crippen molar-refractivity contribution in [3.8, 4) is 0 Å². The van der Waals surface area contributed by atoms with Crippen molar-refractivity contribution in [2.24, 2.45) is 5.92 Å². The molecule has 1 fully saturated rings. The summed E-state index contributed by atoms with van der Waals surface area (Å²) in [7, 11) is 0. The fourth-order valence-electron chi connectivity index (χ4n) is 2.77. The fourth-order valence-corrected chi connectivity index (χ4v) is 2.90. The van der Waals surface area contributed by atoms with Crippen LogP contribution in [-0.2, 0) is 9.59 Å². The van der Waals surface area contributed by atoms with Crippen molar-refractivity contribution >= 4 is 29.1 Å². The lowest BCUT2D eigenvalue weighted by Crippen LogP contribution is -2.38. The molecule has 0 unspecified atom stereocenters. The van der Waals surface area contributed by atoms with Gasteiger partial charge in [0.15, 0.2) is 0 Å². The second-order valence-corrected chi connectivity index (χ2v) is 6.09. The highest BCUT2D eigenvalue weighted by molar-refractivity contribution is 6.30. The number of halogens is 1. The third-order valence-electron chi connectivity index (χ3n) is 4.09. The van der Waals surface area contributed by atoms with Crippen molar-refractivity contribution in [3.05, 3.63) is 29.3 Å². The first kappa shape index (κ1) is 16.8. The molecule has 2 amide bonds. The van der Waals surface area contributed by atoms with Crippen LogP contribution in [0.1, 0.15) is 33.1 Å². The molecule has 4 nitrogen and oxygen atoms in total. The first-order chi connectivity index (χ1) is 10.6. The first-order valence-electron chi connectivity index (χ1n) is 7.91. The highest BCUT2D eigenvalue weighted by atomic mass is 35.5. The van der Waals surface area contributed by atoms with Crippen LogP contribution < -0.4 is 4.90 Å². The van der Waals surface area contributed by atoms with Gasteiger partial charge in [-0.15, -0.1) is 0 Å². The standard InChI is InChI=1S/C17H23ClN2O2/c1-3-5-10-19(4-2)17(22)13-11-16(21)20(12-13)15-8-6-14(18)7-9-15/h6-9,13H,3-5,10-12H2,1-2H3/t13-/m0/s1. The van der Waals surface area contributed by atoms with Gasteiger partial charge in [0.05, 0.1) is 5.92 Å². The zero-order chi connectivity index (χ0) is 16.1. The number of hydrogen-bond acceptors (Lipinski definition) is 2. The van der Waals surface area contributed by atoms with Crippen molar-refractivity contribution in [2.45, 2.75) is 33.1 Å². The normalized spacial score (nSPS) is 17.9. The van der Waals surface area contributed by atoms with Crippen molar-refractivity contribution in [2.75, 3.05) is 24.5 Å². The van der Waals surface area contributed by atoms with Crippen LogP contribution in [0.15, 0.2) is 24.3 Å². The molecule has 1 aliphatic rings. The van der Waals surface area contributed by atoms with E-state index in [1.54, 1.807) is 17.0 Å². The second-order valence-electron chi connectivity index (χ2n) is 5.65. The van der Waals surface area contributed by atoms with Gasteiger partial charge in [-0.25, -0.2) is 0 Å². The third kappa shape index (κ3) is 3.80. The highest BCUT2D eigenvalue weighted by Gasteiger charge is 2.36. The van der Waals surface area contributed by atoms with Crippen LogP contribution in [0.3, 0.4) is 0 Å². The van der Waals surface area contributed by atoms with Gasteiger partial charge in [-0.1, -0.05) is 24.9 Å². The average molecular weight is 323 g/mol. The van der Waals surface area contributed by atoms with Crippen LogP contribution in [-0.4, -0.2) is 36.3 Å². The smallest absolute Gasteiger partial charge is 0.228 e. The van der Waals surface area contributed by atoms with Gasteiger partial charge >= 0.3 is 0 Å². The Labute approximate surface area is 137 Å². The van der Waals surface area contributed by atoms with Crippen molar-refractivity contribution < 1.29 is 9.59 Å². The Bertz CT molecular complexity index is 530. The number of hydrogen-bond donors (Lipinski definition) is 0. The Balaban J connectivity index is 2.04. The van der Waals surface area contributed by atoms with E-state index in [9.17, 15) is 9.59 Å². The quantitative estimate of drug-likeness (QED) is 0.806. The van der Waals surface area contributed by atoms with E-state index < -0.39 is 0 Å². The summed E-state index contributed by atoms with van der Waals surface area (Å²) < 4.78 is 0. The first-order valence-corrected chi connectivity index (χ1v) is 8.29. The number of nitrogens with zero attached hydrogens (tertiary/aromatic N) is 2. The van der Waals surface area contributed by atoms with E-state index in [0.717, 1.165) is 25.1 Å². The molecule has 1 aromatic carbocycles. The molecule has 0 radical (unpaired) electrons. The fraction of sp³-hybridized carbons (Fsp3) is 0.529. The molecule has 0 N–H and O–H groups in total. The van der Waals surface area contributed by atoms with Gasteiger partial charge < -0.3 is 9.80 Å². The number of carbonyl (C=O) groups is 2. The largest absolute Gasteiger partial charge is 0.343 e. The van der Waals surface area contributed by atoms with E-state index in [1.165, 1.54) is 0 Å². The van der Waals surface area contributed by atoms with Crippen molar-refractivity contribution in [1.29, 1.82) is 0 Å². The van der Waals surface area contributed by atoms with E-state index in [2.05, 4.69) is 6.92 Å². The van der Waals surface area contributed by atoms with Crippen LogP contribution in [0.25, 0.3) is 0 Å². The van der Waals surface area contributed by atoms with Crippen LogP contribution in [0, 0.1) is 5.92 Å². The zero-order valence-electron chi connectivity index (χ0n) is 13.2. The van der Waals surface area contributed by atoms with E-state index in [0.29, 0.717) is 24.5 Å². The molecule has 22 heavy (non-hydrogen) atoms.